The van der Waals surface area contributed by atoms with Gasteiger partial charge in [0.05, 0.1) is 13.7 Å². The zero-order chi connectivity index (χ0) is 15.2. The Kier molecular flexibility index (Phi) is 7.14. The fourth-order valence-electron chi connectivity index (χ4n) is 2.52. The molecule has 0 aromatic heterocycles. The number of carboxylic acids is 1. The minimum absolute atomic E-state index is 0. The molecule has 6 nitrogen and oxygen atoms in total. The first kappa shape index (κ1) is 18.3. The quantitative estimate of drug-likeness (QED) is 0.822. The van der Waals surface area contributed by atoms with E-state index in [1.807, 2.05) is 24.3 Å². The number of nitrogens with zero attached hydrogens (tertiary/aromatic N) is 1. The lowest BCUT2D eigenvalue weighted by atomic mass is 10.2. The Morgan fingerprint density at radius 1 is 1.45 bits per heavy atom. The molecule has 1 amide bonds. The van der Waals surface area contributed by atoms with E-state index in [1.54, 1.807) is 12.0 Å². The van der Waals surface area contributed by atoms with Crippen molar-refractivity contribution < 1.29 is 19.4 Å². The fraction of sp³-hybridized carbons (Fsp3) is 0.467. The number of carbonyl (C=O) groups excluding carboxylic acids is 1. The third kappa shape index (κ3) is 4.89. The molecule has 0 saturated carbocycles. The highest BCUT2D eigenvalue weighted by Crippen LogP contribution is 2.16. The van der Waals surface area contributed by atoms with Crippen LogP contribution < -0.4 is 10.1 Å². The Bertz CT molecular complexity index is 524. The molecule has 1 heterocycles. The number of methoxy groups -OCH3 is 1. The van der Waals surface area contributed by atoms with E-state index in [2.05, 4.69) is 5.32 Å². The third-order valence-corrected chi connectivity index (χ3v) is 3.62. The molecule has 2 N–H and O–H groups in total. The van der Waals surface area contributed by atoms with Gasteiger partial charge >= 0.3 is 5.97 Å². The zero-order valence-corrected chi connectivity index (χ0v) is 13.3. The highest BCUT2D eigenvalue weighted by molar-refractivity contribution is 5.85. The molecule has 1 aromatic rings. The van der Waals surface area contributed by atoms with E-state index in [4.69, 9.17) is 9.84 Å². The third-order valence-electron chi connectivity index (χ3n) is 3.62. The Morgan fingerprint density at radius 2 is 2.23 bits per heavy atom. The summed E-state index contributed by atoms with van der Waals surface area (Å²) in [4.78, 5) is 24.7. The van der Waals surface area contributed by atoms with Crippen molar-refractivity contribution in [2.24, 2.45) is 0 Å². The Morgan fingerprint density at radius 3 is 2.91 bits per heavy atom. The number of ether oxygens (including phenoxy) is 1. The summed E-state index contributed by atoms with van der Waals surface area (Å²) in [6.45, 7) is 1.19. The highest BCUT2D eigenvalue weighted by atomic mass is 35.5. The van der Waals surface area contributed by atoms with Crippen LogP contribution in [0.1, 0.15) is 18.4 Å². The smallest absolute Gasteiger partial charge is 0.320 e. The monoisotopic (exact) mass is 328 g/mol. The lowest BCUT2D eigenvalue weighted by molar-refractivity contribution is -0.142. The van der Waals surface area contributed by atoms with Crippen LogP contribution in [0, 0.1) is 0 Å². The second-order valence-corrected chi connectivity index (χ2v) is 5.09. The number of nitrogens with one attached hydrogen (secondary N) is 1. The van der Waals surface area contributed by atoms with Gasteiger partial charge in [0.15, 0.2) is 0 Å². The lowest BCUT2D eigenvalue weighted by Crippen LogP contribution is -2.42. The molecule has 0 radical (unpaired) electrons. The first-order valence-electron chi connectivity index (χ1n) is 6.96. The summed E-state index contributed by atoms with van der Waals surface area (Å²) in [6, 6.07) is 6.93. The van der Waals surface area contributed by atoms with Crippen molar-refractivity contribution in [3.63, 3.8) is 0 Å². The average Bonchev–Trinajstić information content (AvgIpc) is 2.93. The predicted octanol–water partition coefficient (Wildman–Crippen LogP) is 1.28. The molecule has 1 fully saturated rings. The highest BCUT2D eigenvalue weighted by Gasteiger charge is 2.31. The molecular weight excluding hydrogens is 308 g/mol. The van der Waals surface area contributed by atoms with Gasteiger partial charge in [-0.2, -0.15) is 0 Å². The van der Waals surface area contributed by atoms with Crippen LogP contribution in [0.15, 0.2) is 24.3 Å². The van der Waals surface area contributed by atoms with Crippen LogP contribution in [0.4, 0.5) is 0 Å². The molecule has 0 bridgehead atoms. The molecule has 1 saturated heterocycles. The molecule has 22 heavy (non-hydrogen) atoms. The summed E-state index contributed by atoms with van der Waals surface area (Å²) >= 11 is 0. The molecular formula is C15H21ClN2O4. The normalized spacial score (nSPS) is 17.6. The number of benzene rings is 1. The molecule has 1 atom stereocenters. The van der Waals surface area contributed by atoms with Crippen LogP contribution >= 0.6 is 12.4 Å². The predicted molar refractivity (Wildman–Crippen MR) is 84.3 cm³/mol. The largest absolute Gasteiger partial charge is 0.497 e. The molecule has 0 unspecified atom stereocenters. The van der Waals surface area contributed by atoms with Crippen molar-refractivity contribution in [3.05, 3.63) is 29.8 Å². The van der Waals surface area contributed by atoms with Gasteiger partial charge in [0.2, 0.25) is 5.91 Å². The average molecular weight is 329 g/mol. The second kappa shape index (κ2) is 8.60. The zero-order valence-electron chi connectivity index (χ0n) is 12.4. The summed E-state index contributed by atoms with van der Waals surface area (Å²) in [6.07, 6.45) is 1.43. The van der Waals surface area contributed by atoms with E-state index in [-0.39, 0.29) is 24.9 Å². The topological polar surface area (TPSA) is 78.9 Å². The van der Waals surface area contributed by atoms with E-state index < -0.39 is 12.0 Å². The molecule has 1 aliphatic rings. The van der Waals surface area contributed by atoms with Gasteiger partial charge in [-0.05, 0) is 37.1 Å². The van der Waals surface area contributed by atoms with E-state index in [1.165, 1.54) is 0 Å². The van der Waals surface area contributed by atoms with Crippen molar-refractivity contribution in [1.29, 1.82) is 0 Å². The standard InChI is InChI=1S/C15H20N2O4.ClH/c1-21-12-5-2-4-11(8-12)9-16-14(18)10-17-7-3-6-13(17)15(19)20;/h2,4-5,8,13H,3,6-7,9-10H2,1H3,(H,16,18)(H,19,20);1H/t13-;/m0./s1. The minimum Gasteiger partial charge on any atom is -0.497 e. The van der Waals surface area contributed by atoms with Crippen LogP contribution in [0.25, 0.3) is 0 Å². The van der Waals surface area contributed by atoms with E-state index in [0.29, 0.717) is 19.5 Å². The van der Waals surface area contributed by atoms with Gasteiger partial charge in [-0.3, -0.25) is 14.5 Å². The van der Waals surface area contributed by atoms with Crippen LogP contribution in [0.3, 0.4) is 0 Å². The number of likely N-dealkylation sites (tertiary alicyclic amines) is 1. The Balaban J connectivity index is 0.00000242. The van der Waals surface area contributed by atoms with Crippen molar-refractivity contribution in [2.75, 3.05) is 20.2 Å². The van der Waals surface area contributed by atoms with Gasteiger partial charge in [-0.1, -0.05) is 12.1 Å². The van der Waals surface area contributed by atoms with Gasteiger partial charge in [-0.15, -0.1) is 12.4 Å². The van der Waals surface area contributed by atoms with Gasteiger partial charge in [0.25, 0.3) is 0 Å². The van der Waals surface area contributed by atoms with Gasteiger partial charge < -0.3 is 15.2 Å². The van der Waals surface area contributed by atoms with E-state index >= 15 is 0 Å². The molecule has 0 spiro atoms. The maximum Gasteiger partial charge on any atom is 0.320 e. The molecule has 7 heteroatoms. The van der Waals surface area contributed by atoms with Crippen LogP contribution in [0.5, 0.6) is 5.75 Å². The molecule has 1 aliphatic heterocycles. The molecule has 122 valence electrons. The first-order valence-corrected chi connectivity index (χ1v) is 6.96. The second-order valence-electron chi connectivity index (χ2n) is 5.09. The first-order chi connectivity index (χ1) is 10.1. The van der Waals surface area contributed by atoms with Crippen molar-refractivity contribution in [2.45, 2.75) is 25.4 Å². The number of amides is 1. The van der Waals surface area contributed by atoms with Crippen molar-refractivity contribution >= 4 is 24.3 Å². The number of halogens is 1. The van der Waals surface area contributed by atoms with Crippen LogP contribution in [0.2, 0.25) is 0 Å². The number of aliphatic carboxylic acids is 1. The Labute approximate surface area is 135 Å². The molecule has 0 aliphatic carbocycles. The SMILES string of the molecule is COc1cccc(CNC(=O)CN2CCC[C@H]2C(=O)O)c1.Cl. The van der Waals surface area contributed by atoms with E-state index in [9.17, 15) is 9.59 Å². The summed E-state index contributed by atoms with van der Waals surface area (Å²) in [7, 11) is 1.59. The van der Waals surface area contributed by atoms with Crippen molar-refractivity contribution in [1.82, 2.24) is 10.2 Å². The number of carbonyl (C=O) groups is 2. The summed E-state index contributed by atoms with van der Waals surface area (Å²) in [5.41, 5.74) is 0.943. The summed E-state index contributed by atoms with van der Waals surface area (Å²) in [5, 5.41) is 11.9. The number of rotatable bonds is 6. The fourth-order valence-corrected chi connectivity index (χ4v) is 2.52. The minimum atomic E-state index is -0.854. The lowest BCUT2D eigenvalue weighted by Gasteiger charge is -2.20. The van der Waals surface area contributed by atoms with Crippen LogP contribution in [-0.4, -0.2) is 48.1 Å². The Hall–Kier alpha value is -1.79. The maximum atomic E-state index is 11.9. The summed E-state index contributed by atoms with van der Waals surface area (Å²) < 4.78 is 5.12. The van der Waals surface area contributed by atoms with Crippen molar-refractivity contribution in [3.8, 4) is 5.75 Å². The maximum absolute atomic E-state index is 11.9. The number of hydrogen-bond donors (Lipinski definition) is 2. The van der Waals surface area contributed by atoms with Gasteiger partial charge in [-0.25, -0.2) is 0 Å². The van der Waals surface area contributed by atoms with Crippen LogP contribution in [-0.2, 0) is 16.1 Å². The number of hydrogen-bond acceptors (Lipinski definition) is 4. The van der Waals surface area contributed by atoms with E-state index in [0.717, 1.165) is 17.7 Å². The van der Waals surface area contributed by atoms with Gasteiger partial charge in [0, 0.05) is 6.54 Å². The summed E-state index contributed by atoms with van der Waals surface area (Å²) in [5.74, 6) is -0.272. The molecule has 1 aromatic carbocycles. The number of carboxylic acid groups (broad SMARTS) is 1. The van der Waals surface area contributed by atoms with Gasteiger partial charge in [0.1, 0.15) is 11.8 Å². The molecule has 2 rings (SSSR count).